The maximum Gasteiger partial charge on any atom is 0.387 e. The van der Waals surface area contributed by atoms with Crippen molar-refractivity contribution in [1.29, 1.82) is 0 Å². The van der Waals surface area contributed by atoms with Gasteiger partial charge in [-0.3, -0.25) is 0 Å². The highest BCUT2D eigenvalue weighted by Gasteiger charge is 2.15. The maximum absolute atomic E-state index is 13.4. The molecular weight excluding hydrogens is 289 g/mol. The summed E-state index contributed by atoms with van der Waals surface area (Å²) in [5.41, 5.74) is 0.0930. The van der Waals surface area contributed by atoms with Crippen molar-refractivity contribution >= 4 is 11.7 Å². The molecule has 0 saturated carbocycles. The standard InChI is InChI=1S/C13H17F3N2O3/c1-7(6-19)8(2)17-13(20)18-9-3-4-11(10(14)5-9)21-12(15)16/h3-5,7-8,12,19H,6H2,1-2H3,(H2,17,18,20). The molecule has 2 atom stereocenters. The van der Waals surface area contributed by atoms with Gasteiger partial charge >= 0.3 is 12.6 Å². The molecule has 1 rings (SSSR count). The molecule has 0 aliphatic rings. The number of anilines is 1. The number of amides is 2. The Labute approximate surface area is 120 Å². The summed E-state index contributed by atoms with van der Waals surface area (Å²) in [5, 5.41) is 13.9. The molecule has 1 aromatic carbocycles. The van der Waals surface area contributed by atoms with Gasteiger partial charge in [-0.25, -0.2) is 9.18 Å². The minimum absolute atomic E-state index is 0.0876. The molecule has 8 heteroatoms. The van der Waals surface area contributed by atoms with Gasteiger partial charge in [-0.15, -0.1) is 0 Å². The predicted molar refractivity (Wildman–Crippen MR) is 70.9 cm³/mol. The second kappa shape index (κ2) is 7.72. The second-order valence-electron chi connectivity index (χ2n) is 4.57. The van der Waals surface area contributed by atoms with E-state index in [0.717, 1.165) is 12.1 Å². The van der Waals surface area contributed by atoms with Crippen molar-refractivity contribution in [2.24, 2.45) is 5.92 Å². The summed E-state index contributed by atoms with van der Waals surface area (Å²) in [6, 6.07) is 2.22. The fourth-order valence-electron chi connectivity index (χ4n) is 1.44. The smallest absolute Gasteiger partial charge is 0.387 e. The monoisotopic (exact) mass is 306 g/mol. The highest BCUT2D eigenvalue weighted by molar-refractivity contribution is 5.89. The molecule has 0 heterocycles. The van der Waals surface area contributed by atoms with E-state index in [1.165, 1.54) is 6.07 Å². The molecule has 0 radical (unpaired) electrons. The van der Waals surface area contributed by atoms with Crippen molar-refractivity contribution in [2.75, 3.05) is 11.9 Å². The average molecular weight is 306 g/mol. The number of urea groups is 1. The molecule has 0 fully saturated rings. The van der Waals surface area contributed by atoms with Crippen LogP contribution in [0.3, 0.4) is 0 Å². The number of carbonyl (C=O) groups is 1. The number of ether oxygens (including phenoxy) is 1. The summed E-state index contributed by atoms with van der Waals surface area (Å²) in [6.07, 6.45) is 0. The first-order valence-electron chi connectivity index (χ1n) is 6.26. The van der Waals surface area contributed by atoms with Crippen LogP contribution in [0.25, 0.3) is 0 Å². The van der Waals surface area contributed by atoms with Gasteiger partial charge in [0.25, 0.3) is 0 Å². The number of carbonyl (C=O) groups excluding carboxylic acids is 1. The highest BCUT2D eigenvalue weighted by Crippen LogP contribution is 2.22. The second-order valence-corrected chi connectivity index (χ2v) is 4.57. The Morgan fingerprint density at radius 3 is 2.57 bits per heavy atom. The summed E-state index contributed by atoms with van der Waals surface area (Å²) >= 11 is 0. The van der Waals surface area contributed by atoms with E-state index in [2.05, 4.69) is 15.4 Å². The maximum atomic E-state index is 13.4. The van der Waals surface area contributed by atoms with Gasteiger partial charge in [0.2, 0.25) is 0 Å². The third kappa shape index (κ3) is 5.50. The Hall–Kier alpha value is -1.96. The Balaban J connectivity index is 2.63. The predicted octanol–water partition coefficient (Wildman–Crippen LogP) is 2.57. The van der Waals surface area contributed by atoms with E-state index in [4.69, 9.17) is 5.11 Å². The fourth-order valence-corrected chi connectivity index (χ4v) is 1.44. The van der Waals surface area contributed by atoms with Crippen molar-refractivity contribution < 1.29 is 27.8 Å². The van der Waals surface area contributed by atoms with Gasteiger partial charge in [0.1, 0.15) is 0 Å². The Morgan fingerprint density at radius 1 is 1.38 bits per heavy atom. The molecule has 0 spiro atoms. The number of rotatable bonds is 6. The fraction of sp³-hybridized carbons (Fsp3) is 0.462. The topological polar surface area (TPSA) is 70.6 Å². The third-order valence-electron chi connectivity index (χ3n) is 2.91. The van der Waals surface area contributed by atoms with Gasteiger partial charge < -0.3 is 20.5 Å². The van der Waals surface area contributed by atoms with E-state index >= 15 is 0 Å². The van der Waals surface area contributed by atoms with E-state index in [1.807, 2.05) is 0 Å². The molecule has 0 aliphatic heterocycles. The molecule has 0 aliphatic carbocycles. The SMILES string of the molecule is CC(CO)C(C)NC(=O)Nc1ccc(OC(F)F)c(F)c1. The number of alkyl halides is 2. The summed E-state index contributed by atoms with van der Waals surface area (Å²) in [4.78, 5) is 11.6. The Morgan fingerprint density at radius 2 is 2.05 bits per heavy atom. The van der Waals surface area contributed by atoms with E-state index in [1.54, 1.807) is 13.8 Å². The van der Waals surface area contributed by atoms with Crippen molar-refractivity contribution in [3.8, 4) is 5.75 Å². The molecule has 3 N–H and O–H groups in total. The molecule has 5 nitrogen and oxygen atoms in total. The zero-order chi connectivity index (χ0) is 16.0. The highest BCUT2D eigenvalue weighted by atomic mass is 19.3. The van der Waals surface area contributed by atoms with E-state index in [9.17, 15) is 18.0 Å². The summed E-state index contributed by atoms with van der Waals surface area (Å²) in [5.74, 6) is -1.75. The zero-order valence-corrected chi connectivity index (χ0v) is 11.6. The Kier molecular flexibility index (Phi) is 6.29. The molecule has 0 saturated heterocycles. The third-order valence-corrected chi connectivity index (χ3v) is 2.91. The van der Waals surface area contributed by atoms with Crippen LogP contribution in [-0.2, 0) is 0 Å². The Bertz CT molecular complexity index is 486. The van der Waals surface area contributed by atoms with Crippen molar-refractivity contribution in [1.82, 2.24) is 5.32 Å². The van der Waals surface area contributed by atoms with E-state index in [-0.39, 0.29) is 24.3 Å². The normalized spacial score (nSPS) is 13.7. The van der Waals surface area contributed by atoms with Gasteiger partial charge in [-0.2, -0.15) is 8.78 Å². The van der Waals surface area contributed by atoms with Crippen LogP contribution in [0.15, 0.2) is 18.2 Å². The summed E-state index contributed by atoms with van der Waals surface area (Å²) < 4.78 is 41.3. The number of nitrogens with one attached hydrogen (secondary N) is 2. The average Bonchev–Trinajstić information content (AvgIpc) is 2.40. The van der Waals surface area contributed by atoms with E-state index in [0.29, 0.717) is 0 Å². The first kappa shape index (κ1) is 17.1. The molecule has 118 valence electrons. The first-order valence-corrected chi connectivity index (χ1v) is 6.26. The van der Waals surface area contributed by atoms with Crippen LogP contribution in [0.4, 0.5) is 23.7 Å². The number of benzene rings is 1. The number of aliphatic hydroxyl groups excluding tert-OH is 1. The molecule has 21 heavy (non-hydrogen) atoms. The van der Waals surface area contributed by atoms with Crippen LogP contribution in [0.5, 0.6) is 5.75 Å². The molecule has 0 aromatic heterocycles. The molecular formula is C13H17F3N2O3. The van der Waals surface area contributed by atoms with Crippen LogP contribution >= 0.6 is 0 Å². The molecule has 1 aromatic rings. The van der Waals surface area contributed by atoms with Crippen LogP contribution in [-0.4, -0.2) is 30.4 Å². The van der Waals surface area contributed by atoms with Gasteiger partial charge in [0, 0.05) is 24.4 Å². The number of halogens is 3. The lowest BCUT2D eigenvalue weighted by Crippen LogP contribution is -2.40. The van der Waals surface area contributed by atoms with Crippen molar-refractivity contribution in [3.05, 3.63) is 24.0 Å². The van der Waals surface area contributed by atoms with Crippen LogP contribution < -0.4 is 15.4 Å². The van der Waals surface area contributed by atoms with Gasteiger partial charge in [0.15, 0.2) is 11.6 Å². The molecule has 0 bridgehead atoms. The van der Waals surface area contributed by atoms with Crippen LogP contribution in [0, 0.1) is 11.7 Å². The zero-order valence-electron chi connectivity index (χ0n) is 11.6. The molecule has 2 unspecified atom stereocenters. The lowest BCUT2D eigenvalue weighted by molar-refractivity contribution is -0.0521. The lowest BCUT2D eigenvalue weighted by Gasteiger charge is -2.19. The number of hydrogen-bond acceptors (Lipinski definition) is 3. The van der Waals surface area contributed by atoms with Crippen LogP contribution in [0.1, 0.15) is 13.8 Å². The largest absolute Gasteiger partial charge is 0.432 e. The number of hydrogen-bond donors (Lipinski definition) is 3. The number of aliphatic hydroxyl groups is 1. The van der Waals surface area contributed by atoms with Gasteiger partial charge in [-0.1, -0.05) is 6.92 Å². The van der Waals surface area contributed by atoms with E-state index < -0.39 is 24.2 Å². The van der Waals surface area contributed by atoms with Crippen molar-refractivity contribution in [3.63, 3.8) is 0 Å². The van der Waals surface area contributed by atoms with Gasteiger partial charge in [0.05, 0.1) is 0 Å². The first-order chi connectivity index (χ1) is 9.83. The molecule has 2 amide bonds. The minimum Gasteiger partial charge on any atom is -0.432 e. The summed E-state index contributed by atoms with van der Waals surface area (Å²) in [7, 11) is 0. The lowest BCUT2D eigenvalue weighted by atomic mass is 10.1. The minimum atomic E-state index is -3.12. The van der Waals surface area contributed by atoms with Crippen molar-refractivity contribution in [2.45, 2.75) is 26.5 Å². The van der Waals surface area contributed by atoms with Crippen LogP contribution in [0.2, 0.25) is 0 Å². The quantitative estimate of drug-likeness (QED) is 0.756. The summed E-state index contributed by atoms with van der Waals surface area (Å²) in [6.45, 7) is 0.250. The van der Waals surface area contributed by atoms with Gasteiger partial charge in [-0.05, 0) is 25.0 Å².